The van der Waals surface area contributed by atoms with Crippen molar-refractivity contribution in [1.82, 2.24) is 5.32 Å². The van der Waals surface area contributed by atoms with E-state index >= 15 is 0 Å². The molecular formula is C16H27NO4. The lowest BCUT2D eigenvalue weighted by Gasteiger charge is -2.17. The molecule has 0 aliphatic carbocycles. The molecular weight excluding hydrogens is 270 g/mol. The van der Waals surface area contributed by atoms with E-state index in [9.17, 15) is 9.59 Å². The van der Waals surface area contributed by atoms with E-state index in [2.05, 4.69) is 25.1 Å². The lowest BCUT2D eigenvalue weighted by atomic mass is 10.1. The van der Waals surface area contributed by atoms with E-state index in [1.54, 1.807) is 0 Å². The highest BCUT2D eigenvalue weighted by Gasteiger charge is 2.22. The second kappa shape index (κ2) is 12.1. The number of unbranched alkanes of at least 4 members (excludes halogenated alkanes) is 1. The summed E-state index contributed by atoms with van der Waals surface area (Å²) in [4.78, 5) is 23.4. The molecule has 0 fully saturated rings. The summed E-state index contributed by atoms with van der Waals surface area (Å²) in [5, 5.41) is 2.50. The summed E-state index contributed by atoms with van der Waals surface area (Å²) in [5.41, 5.74) is 0. The van der Waals surface area contributed by atoms with Gasteiger partial charge in [-0.3, -0.25) is 0 Å². The quantitative estimate of drug-likeness (QED) is 0.382. The van der Waals surface area contributed by atoms with E-state index < -0.39 is 18.1 Å². The Hall–Kier alpha value is -1.70. The van der Waals surface area contributed by atoms with E-state index in [1.807, 2.05) is 6.92 Å². The van der Waals surface area contributed by atoms with Gasteiger partial charge in [0.15, 0.2) is 6.61 Å². The molecule has 120 valence electrons. The Bertz CT molecular complexity index is 347. The summed E-state index contributed by atoms with van der Waals surface area (Å²) in [6.45, 7) is 6.52. The summed E-state index contributed by atoms with van der Waals surface area (Å²) in [6, 6.07) is -0.672. The summed E-state index contributed by atoms with van der Waals surface area (Å²) in [5.74, 6) is 2.37. The molecule has 0 radical (unpaired) electrons. The molecule has 5 heteroatoms. The highest BCUT2D eigenvalue weighted by Crippen LogP contribution is 2.06. The SMILES string of the molecule is C#CCOC(=O)NC(CCCC)C(=O)OCCCC(C)C. The van der Waals surface area contributed by atoms with Gasteiger partial charge in [0.2, 0.25) is 0 Å². The first-order chi connectivity index (χ1) is 10.0. The number of carbonyl (C=O) groups excluding carboxylic acids is 2. The minimum Gasteiger partial charge on any atom is -0.464 e. The van der Waals surface area contributed by atoms with Crippen LogP contribution in [-0.4, -0.2) is 31.3 Å². The van der Waals surface area contributed by atoms with Crippen molar-refractivity contribution in [2.24, 2.45) is 5.92 Å². The van der Waals surface area contributed by atoms with Crippen LogP contribution in [0.15, 0.2) is 0 Å². The van der Waals surface area contributed by atoms with Crippen molar-refractivity contribution in [3.63, 3.8) is 0 Å². The molecule has 21 heavy (non-hydrogen) atoms. The van der Waals surface area contributed by atoms with Crippen LogP contribution in [0.3, 0.4) is 0 Å². The molecule has 0 aromatic heterocycles. The third-order valence-corrected chi connectivity index (χ3v) is 2.88. The fourth-order valence-corrected chi connectivity index (χ4v) is 1.71. The molecule has 1 amide bonds. The summed E-state index contributed by atoms with van der Waals surface area (Å²) in [7, 11) is 0. The Balaban J connectivity index is 4.22. The van der Waals surface area contributed by atoms with Crippen LogP contribution < -0.4 is 5.32 Å². The number of terminal acetylenes is 1. The first kappa shape index (κ1) is 19.3. The number of hydrogen-bond donors (Lipinski definition) is 1. The van der Waals surface area contributed by atoms with Gasteiger partial charge in [-0.1, -0.05) is 39.5 Å². The van der Waals surface area contributed by atoms with E-state index in [1.165, 1.54) is 0 Å². The number of amides is 1. The maximum Gasteiger partial charge on any atom is 0.408 e. The zero-order chi connectivity index (χ0) is 16.1. The number of hydrogen-bond acceptors (Lipinski definition) is 4. The van der Waals surface area contributed by atoms with Gasteiger partial charge in [0.25, 0.3) is 0 Å². The van der Waals surface area contributed by atoms with Crippen molar-refractivity contribution in [3.05, 3.63) is 0 Å². The molecule has 1 N–H and O–H groups in total. The van der Waals surface area contributed by atoms with Gasteiger partial charge < -0.3 is 14.8 Å². The van der Waals surface area contributed by atoms with Gasteiger partial charge in [-0.2, -0.15) is 0 Å². The molecule has 0 bridgehead atoms. The normalized spacial score (nSPS) is 11.6. The standard InChI is InChI=1S/C16H27NO4/c1-5-7-10-14(17-16(19)21-11-6-2)15(18)20-12-8-9-13(3)4/h2,13-14H,5,7-12H2,1,3-4H3,(H,17,19). The smallest absolute Gasteiger partial charge is 0.408 e. The Labute approximate surface area is 127 Å². The average molecular weight is 297 g/mol. The van der Waals surface area contributed by atoms with E-state index in [0.717, 1.165) is 25.7 Å². The van der Waals surface area contributed by atoms with Crippen LogP contribution in [0.5, 0.6) is 0 Å². The topological polar surface area (TPSA) is 64.6 Å². The number of carbonyl (C=O) groups is 2. The second-order valence-electron chi connectivity index (χ2n) is 5.32. The van der Waals surface area contributed by atoms with Gasteiger partial charge in [0, 0.05) is 0 Å². The maximum absolute atomic E-state index is 12.0. The molecule has 1 unspecified atom stereocenters. The van der Waals surface area contributed by atoms with Crippen LogP contribution >= 0.6 is 0 Å². The van der Waals surface area contributed by atoms with Crippen molar-refractivity contribution in [3.8, 4) is 12.3 Å². The van der Waals surface area contributed by atoms with Crippen LogP contribution in [0.4, 0.5) is 4.79 Å². The zero-order valence-electron chi connectivity index (χ0n) is 13.3. The lowest BCUT2D eigenvalue weighted by Crippen LogP contribution is -2.42. The van der Waals surface area contributed by atoms with E-state index in [-0.39, 0.29) is 6.61 Å². The molecule has 0 saturated heterocycles. The zero-order valence-corrected chi connectivity index (χ0v) is 13.3. The minimum atomic E-state index is -0.687. The third kappa shape index (κ3) is 10.7. The van der Waals surface area contributed by atoms with Crippen molar-refractivity contribution >= 4 is 12.1 Å². The highest BCUT2D eigenvalue weighted by molar-refractivity contribution is 5.81. The van der Waals surface area contributed by atoms with Crippen molar-refractivity contribution in [2.75, 3.05) is 13.2 Å². The molecule has 0 heterocycles. The van der Waals surface area contributed by atoms with Gasteiger partial charge >= 0.3 is 12.1 Å². The van der Waals surface area contributed by atoms with Crippen LogP contribution in [-0.2, 0) is 14.3 Å². The summed E-state index contributed by atoms with van der Waals surface area (Å²) < 4.78 is 9.92. The van der Waals surface area contributed by atoms with Crippen LogP contribution in [0.1, 0.15) is 52.9 Å². The fraction of sp³-hybridized carbons (Fsp3) is 0.750. The first-order valence-electron chi connectivity index (χ1n) is 7.54. The number of alkyl carbamates (subject to hydrolysis) is 1. The van der Waals surface area contributed by atoms with Crippen molar-refractivity contribution < 1.29 is 19.1 Å². The Morgan fingerprint density at radius 2 is 1.90 bits per heavy atom. The molecule has 0 rings (SSSR count). The van der Waals surface area contributed by atoms with Gasteiger partial charge in [-0.05, 0) is 25.2 Å². The molecule has 1 atom stereocenters. The van der Waals surface area contributed by atoms with Gasteiger partial charge in [-0.25, -0.2) is 9.59 Å². The molecule has 5 nitrogen and oxygen atoms in total. The number of ether oxygens (including phenoxy) is 2. The molecule has 0 spiro atoms. The summed E-state index contributed by atoms with van der Waals surface area (Å²) in [6.07, 6.45) is 8.43. The average Bonchev–Trinajstić information content (AvgIpc) is 2.45. The van der Waals surface area contributed by atoms with Gasteiger partial charge in [0.1, 0.15) is 6.04 Å². The van der Waals surface area contributed by atoms with Crippen molar-refractivity contribution in [1.29, 1.82) is 0 Å². The monoisotopic (exact) mass is 297 g/mol. The maximum atomic E-state index is 12.0. The Morgan fingerprint density at radius 1 is 1.19 bits per heavy atom. The molecule has 0 aromatic rings. The first-order valence-corrected chi connectivity index (χ1v) is 7.54. The van der Waals surface area contributed by atoms with E-state index in [0.29, 0.717) is 18.9 Å². The molecule has 0 aromatic carbocycles. The minimum absolute atomic E-state index is 0.115. The third-order valence-electron chi connectivity index (χ3n) is 2.88. The van der Waals surface area contributed by atoms with Gasteiger partial charge in [0.05, 0.1) is 6.61 Å². The predicted molar refractivity (Wildman–Crippen MR) is 81.7 cm³/mol. The molecule has 0 saturated carbocycles. The predicted octanol–water partition coefficient (Wildman–Crippen LogP) is 2.88. The Morgan fingerprint density at radius 3 is 2.48 bits per heavy atom. The molecule has 0 aliphatic heterocycles. The van der Waals surface area contributed by atoms with Crippen molar-refractivity contribution in [2.45, 2.75) is 58.9 Å². The summed E-state index contributed by atoms with van der Waals surface area (Å²) >= 11 is 0. The number of nitrogens with one attached hydrogen (secondary N) is 1. The Kier molecular flexibility index (Phi) is 11.1. The highest BCUT2D eigenvalue weighted by atomic mass is 16.6. The number of rotatable bonds is 10. The van der Waals surface area contributed by atoms with E-state index in [4.69, 9.17) is 15.9 Å². The van der Waals surface area contributed by atoms with Crippen LogP contribution in [0, 0.1) is 18.3 Å². The largest absolute Gasteiger partial charge is 0.464 e. The molecule has 0 aliphatic rings. The lowest BCUT2D eigenvalue weighted by molar-refractivity contribution is -0.146. The second-order valence-corrected chi connectivity index (χ2v) is 5.32. The fourth-order valence-electron chi connectivity index (χ4n) is 1.71. The van der Waals surface area contributed by atoms with Crippen LogP contribution in [0.2, 0.25) is 0 Å². The number of esters is 1. The van der Waals surface area contributed by atoms with Crippen LogP contribution in [0.25, 0.3) is 0 Å². The van der Waals surface area contributed by atoms with Gasteiger partial charge in [-0.15, -0.1) is 6.42 Å².